The average molecular weight is 614 g/mol. The molecule has 0 saturated heterocycles. The Morgan fingerprint density at radius 3 is 2.62 bits per heavy atom. The summed E-state index contributed by atoms with van der Waals surface area (Å²) in [6.45, 7) is 6.17. The van der Waals surface area contributed by atoms with Gasteiger partial charge in [0.15, 0.2) is 0 Å². The van der Waals surface area contributed by atoms with Crippen molar-refractivity contribution in [1.82, 2.24) is 4.98 Å². The normalized spacial score (nSPS) is 23.0. The Morgan fingerprint density at radius 2 is 1.95 bits per heavy atom. The summed E-state index contributed by atoms with van der Waals surface area (Å²) in [6, 6.07) is 10.6. The van der Waals surface area contributed by atoms with E-state index in [0.717, 1.165) is 0 Å². The molecule has 5 rings (SSSR count). The molecule has 42 heavy (non-hydrogen) atoms. The van der Waals surface area contributed by atoms with Gasteiger partial charge in [-0.15, -0.1) is 0 Å². The average Bonchev–Trinajstić information content (AvgIpc) is 3.39. The second-order valence-electron chi connectivity index (χ2n) is 12.1. The van der Waals surface area contributed by atoms with Crippen molar-refractivity contribution in [2.24, 2.45) is 23.0 Å². The Kier molecular flexibility index (Phi) is 7.70. The monoisotopic (exact) mass is 612 g/mol. The molecule has 11 heteroatoms. The minimum atomic E-state index is -1.34. The van der Waals surface area contributed by atoms with Crippen molar-refractivity contribution >= 4 is 52.3 Å². The van der Waals surface area contributed by atoms with Gasteiger partial charge >= 0.3 is 0 Å². The number of nitrogens with zero attached hydrogens (tertiary/aromatic N) is 1. The summed E-state index contributed by atoms with van der Waals surface area (Å²) in [5, 5.41) is 5.94. The van der Waals surface area contributed by atoms with Crippen LogP contribution in [0.3, 0.4) is 0 Å². The summed E-state index contributed by atoms with van der Waals surface area (Å²) in [7, 11) is 1.40. The second-order valence-corrected chi connectivity index (χ2v) is 12.9. The van der Waals surface area contributed by atoms with Crippen molar-refractivity contribution in [2.75, 3.05) is 17.7 Å². The van der Waals surface area contributed by atoms with Crippen LogP contribution in [0.5, 0.6) is 5.75 Å². The number of nitrogens with two attached hydrogens (primary N) is 1. The molecule has 2 aliphatic rings. The predicted octanol–water partition coefficient (Wildman–Crippen LogP) is 6.32. The van der Waals surface area contributed by atoms with Crippen molar-refractivity contribution in [2.45, 2.75) is 44.9 Å². The summed E-state index contributed by atoms with van der Waals surface area (Å²) in [5.74, 6) is -4.08. The fourth-order valence-corrected chi connectivity index (χ4v) is 7.10. The lowest BCUT2D eigenvalue weighted by atomic mass is 9.62. The van der Waals surface area contributed by atoms with Crippen molar-refractivity contribution in [3.8, 4) is 5.75 Å². The Morgan fingerprint density at radius 1 is 1.21 bits per heavy atom. The van der Waals surface area contributed by atoms with E-state index in [2.05, 4.69) is 36.4 Å². The molecule has 1 aromatic heterocycles. The number of carbonyl (C=O) groups excluding carboxylic acids is 3. The number of fused-ring (bicyclic) bond motifs is 2. The molecule has 1 fully saturated rings. The Bertz CT molecular complexity index is 1610. The maximum Gasteiger partial charge on any atom is 0.248 e. The quantitative estimate of drug-likeness (QED) is 0.281. The van der Waals surface area contributed by atoms with Crippen LogP contribution < -0.4 is 21.1 Å². The zero-order valence-corrected chi connectivity index (χ0v) is 25.1. The topological polar surface area (TPSA) is 123 Å². The number of hydrogen-bond donors (Lipinski definition) is 3. The molecule has 3 amide bonds. The van der Waals surface area contributed by atoms with Crippen LogP contribution in [0, 0.1) is 23.1 Å². The number of anilines is 2. The largest absolute Gasteiger partial charge is 0.495 e. The van der Waals surface area contributed by atoms with Gasteiger partial charge in [0.1, 0.15) is 16.7 Å². The van der Waals surface area contributed by atoms with E-state index in [1.807, 2.05) is 0 Å². The Labute approximate surface area is 253 Å². The molecule has 4 atom stereocenters. The fourth-order valence-electron chi connectivity index (χ4n) is 6.76. The van der Waals surface area contributed by atoms with Crippen molar-refractivity contribution in [3.05, 3.63) is 81.3 Å². The molecule has 0 radical (unpaired) electrons. The SMILES string of the molecule is COc1cc(C(N)=O)ccc1NC(=O)[C@@H]1C[C@@H](CC(C)(C)C)[C@@]2(C(=O)Nc3cc(Cl)ncc32)[C@H]1c1cccc(Cl)c1F. The van der Waals surface area contributed by atoms with E-state index in [-0.39, 0.29) is 50.7 Å². The summed E-state index contributed by atoms with van der Waals surface area (Å²) < 4.78 is 21.3. The van der Waals surface area contributed by atoms with Crippen molar-refractivity contribution < 1.29 is 23.5 Å². The van der Waals surface area contributed by atoms with Gasteiger partial charge < -0.3 is 21.1 Å². The molecule has 0 unspecified atom stereocenters. The highest BCUT2D eigenvalue weighted by Crippen LogP contribution is 2.64. The fraction of sp³-hybridized carbons (Fsp3) is 0.355. The number of hydrogen-bond acceptors (Lipinski definition) is 5. The third-order valence-electron chi connectivity index (χ3n) is 8.27. The number of primary amides is 1. The number of benzene rings is 2. The second kappa shape index (κ2) is 10.9. The first-order chi connectivity index (χ1) is 19.8. The summed E-state index contributed by atoms with van der Waals surface area (Å²) in [4.78, 5) is 44.4. The molecule has 4 N–H and O–H groups in total. The number of pyridine rings is 1. The molecule has 220 valence electrons. The maximum absolute atomic E-state index is 15.9. The van der Waals surface area contributed by atoms with Crippen LogP contribution in [0.1, 0.15) is 61.0 Å². The first-order valence-electron chi connectivity index (χ1n) is 13.5. The number of rotatable bonds is 6. The van der Waals surface area contributed by atoms with Crippen LogP contribution in [0.4, 0.5) is 15.8 Å². The number of aromatic nitrogens is 1. The third-order valence-corrected chi connectivity index (χ3v) is 8.77. The van der Waals surface area contributed by atoms with Gasteiger partial charge in [0, 0.05) is 34.8 Å². The van der Waals surface area contributed by atoms with Crippen LogP contribution >= 0.6 is 23.2 Å². The molecular formula is C31H31Cl2FN4O4. The van der Waals surface area contributed by atoms with Crippen molar-refractivity contribution in [3.63, 3.8) is 0 Å². The number of nitrogens with one attached hydrogen (secondary N) is 2. The van der Waals surface area contributed by atoms with Gasteiger partial charge in [-0.2, -0.15) is 0 Å². The zero-order valence-electron chi connectivity index (χ0n) is 23.6. The van der Waals surface area contributed by atoms with E-state index in [0.29, 0.717) is 23.4 Å². The number of carbonyl (C=O) groups is 3. The van der Waals surface area contributed by atoms with Gasteiger partial charge in [0.25, 0.3) is 0 Å². The minimum absolute atomic E-state index is 0.113. The van der Waals surface area contributed by atoms with Gasteiger partial charge in [-0.3, -0.25) is 14.4 Å². The number of ether oxygens (including phenoxy) is 1. The predicted molar refractivity (Wildman–Crippen MR) is 160 cm³/mol. The number of halogens is 3. The van der Waals surface area contributed by atoms with E-state index < -0.39 is 34.9 Å². The van der Waals surface area contributed by atoms with Gasteiger partial charge in [-0.1, -0.05) is 56.1 Å². The van der Waals surface area contributed by atoms with Gasteiger partial charge in [-0.25, -0.2) is 9.37 Å². The molecule has 1 aliphatic carbocycles. The molecule has 2 heterocycles. The van der Waals surface area contributed by atoms with Gasteiger partial charge in [0.05, 0.1) is 23.2 Å². The molecule has 1 aliphatic heterocycles. The van der Waals surface area contributed by atoms with Gasteiger partial charge in [-0.05, 0) is 60.1 Å². The van der Waals surface area contributed by atoms with E-state index in [1.54, 1.807) is 24.4 Å². The molecular weight excluding hydrogens is 582 g/mol. The highest BCUT2D eigenvalue weighted by atomic mass is 35.5. The van der Waals surface area contributed by atoms with Crippen LogP contribution in [-0.4, -0.2) is 29.8 Å². The zero-order chi connectivity index (χ0) is 30.6. The molecule has 3 aromatic rings. The maximum atomic E-state index is 15.9. The standard InChI is InChI=1S/C31H31Cl2FN4O4/c1-30(2,3)13-16-11-18(28(40)37-21-9-8-15(27(35)39)10-23(21)42-4)25(17-6-5-7-20(32)26(17)34)31(16)19-14-36-24(33)12-22(19)38-29(31)41/h5-10,12,14,16,18,25H,11,13H2,1-4H3,(H2,35,39)(H,37,40)(H,38,41)/t16-,18+,25-,31-/m0/s1. The van der Waals surface area contributed by atoms with Crippen LogP contribution in [0.25, 0.3) is 0 Å². The molecule has 0 bridgehead atoms. The first-order valence-corrected chi connectivity index (χ1v) is 14.2. The summed E-state index contributed by atoms with van der Waals surface area (Å²) in [5.41, 5.74) is 5.55. The highest BCUT2D eigenvalue weighted by molar-refractivity contribution is 6.31. The molecule has 8 nitrogen and oxygen atoms in total. The smallest absolute Gasteiger partial charge is 0.248 e. The Balaban J connectivity index is 1.70. The van der Waals surface area contributed by atoms with E-state index in [4.69, 9.17) is 33.7 Å². The van der Waals surface area contributed by atoms with Crippen LogP contribution in [0.15, 0.2) is 48.7 Å². The summed E-state index contributed by atoms with van der Waals surface area (Å²) in [6.07, 6.45) is 2.38. The molecule has 1 saturated carbocycles. The third kappa shape index (κ3) is 4.98. The lowest BCUT2D eigenvalue weighted by Gasteiger charge is -2.38. The Hall–Kier alpha value is -3.69. The van der Waals surface area contributed by atoms with Crippen LogP contribution in [-0.2, 0) is 15.0 Å². The van der Waals surface area contributed by atoms with E-state index in [1.165, 1.54) is 31.4 Å². The van der Waals surface area contributed by atoms with E-state index >= 15 is 4.39 Å². The minimum Gasteiger partial charge on any atom is -0.495 e. The first kappa shape index (κ1) is 29.8. The summed E-state index contributed by atoms with van der Waals surface area (Å²) >= 11 is 12.5. The number of amides is 3. The van der Waals surface area contributed by atoms with E-state index in [9.17, 15) is 14.4 Å². The lowest BCUT2D eigenvalue weighted by Crippen LogP contribution is -2.45. The van der Waals surface area contributed by atoms with Gasteiger partial charge in [0.2, 0.25) is 17.7 Å². The molecule has 1 spiro atoms. The number of methoxy groups -OCH3 is 1. The van der Waals surface area contributed by atoms with Crippen molar-refractivity contribution in [1.29, 1.82) is 0 Å². The van der Waals surface area contributed by atoms with Crippen LogP contribution in [0.2, 0.25) is 10.2 Å². The highest BCUT2D eigenvalue weighted by Gasteiger charge is 2.66. The lowest BCUT2D eigenvalue weighted by molar-refractivity contribution is -0.123. The molecule has 2 aromatic carbocycles.